The first-order valence-corrected chi connectivity index (χ1v) is 10.3. The van der Waals surface area contributed by atoms with Crippen LogP contribution in [0.1, 0.15) is 12.0 Å². The standard InChI is InChI=1S/C23H21N3OS/c27-15-23(18-9-5-2-6-10-18)11-12-26(14-23)21-19-13-20(17-7-3-1-4-8-17)28-22(19)25-16-24-21/h1-10,13,16,27H,11-12,14-15H2. The van der Waals surface area contributed by atoms with Crippen LogP contribution in [0, 0.1) is 0 Å². The summed E-state index contributed by atoms with van der Waals surface area (Å²) in [7, 11) is 0. The van der Waals surface area contributed by atoms with Crippen molar-refractivity contribution in [1.29, 1.82) is 0 Å². The third kappa shape index (κ3) is 2.87. The molecule has 5 heteroatoms. The van der Waals surface area contributed by atoms with E-state index in [1.807, 2.05) is 24.3 Å². The molecule has 0 aliphatic carbocycles. The van der Waals surface area contributed by atoms with Gasteiger partial charge in [-0.15, -0.1) is 11.3 Å². The Morgan fingerprint density at radius 1 is 1.00 bits per heavy atom. The van der Waals surface area contributed by atoms with Crippen molar-refractivity contribution in [2.75, 3.05) is 24.6 Å². The maximum atomic E-state index is 10.2. The number of aliphatic hydroxyl groups is 1. The van der Waals surface area contributed by atoms with Crippen LogP contribution >= 0.6 is 11.3 Å². The second-order valence-electron chi connectivity index (χ2n) is 7.37. The third-order valence-electron chi connectivity index (χ3n) is 5.71. The minimum atomic E-state index is -0.239. The molecule has 3 heterocycles. The Kier molecular flexibility index (Phi) is 4.34. The lowest BCUT2D eigenvalue weighted by molar-refractivity contribution is 0.207. The third-order valence-corrected chi connectivity index (χ3v) is 6.80. The van der Waals surface area contributed by atoms with Gasteiger partial charge in [-0.1, -0.05) is 60.7 Å². The molecule has 1 N–H and O–H groups in total. The van der Waals surface area contributed by atoms with Gasteiger partial charge in [0.15, 0.2) is 0 Å². The topological polar surface area (TPSA) is 49.2 Å². The van der Waals surface area contributed by atoms with Gasteiger partial charge in [0.1, 0.15) is 17.0 Å². The van der Waals surface area contributed by atoms with Gasteiger partial charge in [0.25, 0.3) is 0 Å². The van der Waals surface area contributed by atoms with E-state index in [-0.39, 0.29) is 12.0 Å². The maximum absolute atomic E-state index is 10.2. The second-order valence-corrected chi connectivity index (χ2v) is 8.40. The van der Waals surface area contributed by atoms with E-state index in [9.17, 15) is 5.11 Å². The summed E-state index contributed by atoms with van der Waals surface area (Å²) in [4.78, 5) is 13.6. The number of rotatable bonds is 4. The zero-order valence-corrected chi connectivity index (χ0v) is 16.3. The molecule has 1 aliphatic rings. The molecule has 1 aliphatic heterocycles. The SMILES string of the molecule is OCC1(c2ccccc2)CCN(c2ncnc3sc(-c4ccccc4)cc23)C1. The number of nitrogens with zero attached hydrogens (tertiary/aromatic N) is 3. The molecule has 2 aromatic carbocycles. The Morgan fingerprint density at radius 3 is 2.50 bits per heavy atom. The zero-order valence-electron chi connectivity index (χ0n) is 15.5. The average Bonchev–Trinajstić information content (AvgIpc) is 3.40. The molecule has 1 saturated heterocycles. The van der Waals surface area contributed by atoms with Gasteiger partial charge in [-0.2, -0.15) is 0 Å². The van der Waals surface area contributed by atoms with E-state index in [4.69, 9.17) is 0 Å². The fourth-order valence-electron chi connectivity index (χ4n) is 4.14. The van der Waals surface area contributed by atoms with Crippen LogP contribution in [-0.4, -0.2) is 34.8 Å². The van der Waals surface area contributed by atoms with E-state index < -0.39 is 0 Å². The summed E-state index contributed by atoms with van der Waals surface area (Å²) in [5.41, 5.74) is 2.16. The second kappa shape index (κ2) is 7.00. The van der Waals surface area contributed by atoms with Gasteiger partial charge in [0.05, 0.1) is 12.0 Å². The van der Waals surface area contributed by atoms with Crippen molar-refractivity contribution < 1.29 is 5.11 Å². The number of anilines is 1. The van der Waals surface area contributed by atoms with Crippen LogP contribution in [0.5, 0.6) is 0 Å². The molecule has 140 valence electrons. The van der Waals surface area contributed by atoms with E-state index >= 15 is 0 Å². The molecule has 0 spiro atoms. The Morgan fingerprint density at radius 2 is 1.75 bits per heavy atom. The monoisotopic (exact) mass is 387 g/mol. The van der Waals surface area contributed by atoms with Crippen molar-refractivity contribution in [1.82, 2.24) is 9.97 Å². The highest BCUT2D eigenvalue weighted by molar-refractivity contribution is 7.21. The Labute approximate surface area is 168 Å². The molecule has 1 unspecified atom stereocenters. The molecular weight excluding hydrogens is 366 g/mol. The molecular formula is C23H21N3OS. The first kappa shape index (κ1) is 17.3. The smallest absolute Gasteiger partial charge is 0.140 e. The van der Waals surface area contributed by atoms with E-state index in [1.54, 1.807) is 17.7 Å². The minimum Gasteiger partial charge on any atom is -0.395 e. The van der Waals surface area contributed by atoms with Gasteiger partial charge in [-0.3, -0.25) is 0 Å². The predicted octanol–water partition coefficient (Wildman–Crippen LogP) is 4.50. The Balaban J connectivity index is 1.53. The van der Waals surface area contributed by atoms with E-state index in [0.717, 1.165) is 35.5 Å². The van der Waals surface area contributed by atoms with Crippen LogP contribution in [0.2, 0.25) is 0 Å². The van der Waals surface area contributed by atoms with Crippen LogP contribution in [0.4, 0.5) is 5.82 Å². The number of aromatic nitrogens is 2. The fourth-order valence-corrected chi connectivity index (χ4v) is 5.14. The summed E-state index contributed by atoms with van der Waals surface area (Å²) in [6.45, 7) is 1.77. The molecule has 2 aromatic heterocycles. The maximum Gasteiger partial charge on any atom is 0.140 e. The van der Waals surface area contributed by atoms with Crippen molar-refractivity contribution in [2.24, 2.45) is 0 Å². The number of hydrogen-bond donors (Lipinski definition) is 1. The van der Waals surface area contributed by atoms with Crippen LogP contribution in [0.25, 0.3) is 20.7 Å². The van der Waals surface area contributed by atoms with Crippen molar-refractivity contribution >= 4 is 27.4 Å². The number of hydrogen-bond acceptors (Lipinski definition) is 5. The number of fused-ring (bicyclic) bond motifs is 1. The highest BCUT2D eigenvalue weighted by Crippen LogP contribution is 2.40. The number of thiophene rings is 1. The largest absolute Gasteiger partial charge is 0.395 e. The fraction of sp³-hybridized carbons (Fsp3) is 0.217. The van der Waals surface area contributed by atoms with E-state index in [1.165, 1.54) is 16.0 Å². The molecule has 4 aromatic rings. The molecule has 4 nitrogen and oxygen atoms in total. The lowest BCUT2D eigenvalue weighted by Gasteiger charge is -2.28. The minimum absolute atomic E-state index is 0.140. The zero-order chi connectivity index (χ0) is 19.0. The van der Waals surface area contributed by atoms with Crippen LogP contribution in [0.15, 0.2) is 73.1 Å². The van der Waals surface area contributed by atoms with Gasteiger partial charge in [0, 0.05) is 23.4 Å². The van der Waals surface area contributed by atoms with Crippen LogP contribution in [-0.2, 0) is 5.41 Å². The van der Waals surface area contributed by atoms with E-state index in [0.29, 0.717) is 0 Å². The van der Waals surface area contributed by atoms with Crippen LogP contribution < -0.4 is 4.90 Å². The molecule has 1 fully saturated rings. The summed E-state index contributed by atoms with van der Waals surface area (Å²) in [5, 5.41) is 11.3. The summed E-state index contributed by atoms with van der Waals surface area (Å²) in [6.07, 6.45) is 2.57. The summed E-state index contributed by atoms with van der Waals surface area (Å²) >= 11 is 1.70. The number of benzene rings is 2. The number of aliphatic hydroxyl groups excluding tert-OH is 1. The first-order chi connectivity index (χ1) is 13.8. The summed E-state index contributed by atoms with van der Waals surface area (Å²) < 4.78 is 0. The van der Waals surface area contributed by atoms with Gasteiger partial charge >= 0.3 is 0 Å². The lowest BCUT2D eigenvalue weighted by Crippen LogP contribution is -2.34. The molecule has 0 bridgehead atoms. The molecule has 0 amide bonds. The van der Waals surface area contributed by atoms with Gasteiger partial charge < -0.3 is 10.0 Å². The van der Waals surface area contributed by atoms with Gasteiger partial charge in [-0.25, -0.2) is 9.97 Å². The summed E-state index contributed by atoms with van der Waals surface area (Å²) in [5.74, 6) is 0.967. The highest BCUT2D eigenvalue weighted by Gasteiger charge is 2.40. The lowest BCUT2D eigenvalue weighted by atomic mass is 9.80. The van der Waals surface area contributed by atoms with Crippen LogP contribution in [0.3, 0.4) is 0 Å². The van der Waals surface area contributed by atoms with Crippen molar-refractivity contribution in [3.63, 3.8) is 0 Å². The quantitative estimate of drug-likeness (QED) is 0.560. The predicted molar refractivity (Wildman–Crippen MR) is 115 cm³/mol. The molecule has 0 saturated carbocycles. The molecule has 5 rings (SSSR count). The molecule has 0 radical (unpaired) electrons. The van der Waals surface area contributed by atoms with E-state index in [2.05, 4.69) is 57.3 Å². The molecule has 1 atom stereocenters. The normalized spacial score (nSPS) is 19.4. The van der Waals surface area contributed by atoms with Gasteiger partial charge in [-0.05, 0) is 23.6 Å². The first-order valence-electron chi connectivity index (χ1n) is 9.50. The van der Waals surface area contributed by atoms with Gasteiger partial charge in [0.2, 0.25) is 0 Å². The Hall–Kier alpha value is -2.76. The van der Waals surface area contributed by atoms with Crippen molar-refractivity contribution in [3.8, 4) is 10.4 Å². The Bertz CT molecular complexity index is 1100. The average molecular weight is 388 g/mol. The highest BCUT2D eigenvalue weighted by atomic mass is 32.1. The van der Waals surface area contributed by atoms with Crippen molar-refractivity contribution in [2.45, 2.75) is 11.8 Å². The van der Waals surface area contributed by atoms with Crippen molar-refractivity contribution in [3.05, 3.63) is 78.6 Å². The summed E-state index contributed by atoms with van der Waals surface area (Å²) in [6, 6.07) is 22.9. The molecule has 28 heavy (non-hydrogen) atoms.